The molecule has 0 spiro atoms. The van der Waals surface area contributed by atoms with E-state index in [0.29, 0.717) is 6.61 Å². The molecular weight excluding hydrogens is 114 g/mol. The Labute approximate surface area is 50.4 Å². The summed E-state index contributed by atoms with van der Waals surface area (Å²) >= 11 is 0. The van der Waals surface area contributed by atoms with E-state index in [1.54, 1.807) is 7.11 Å². The standard InChI is InChI=1S/C4H11NO.ClH/c1-4(5)3-6-2;/h4H,3,5H2,1-2H3;1H/t4-;/m1./s1. The topological polar surface area (TPSA) is 35.2 Å². The summed E-state index contributed by atoms with van der Waals surface area (Å²) in [6, 6.07) is 0.176. The van der Waals surface area contributed by atoms with E-state index in [9.17, 15) is 0 Å². The molecular formula is C4H12ClNO. The minimum atomic E-state index is 0. The fourth-order valence-corrected chi connectivity index (χ4v) is 0.263. The van der Waals surface area contributed by atoms with Gasteiger partial charge in [0.15, 0.2) is 0 Å². The molecule has 0 bridgehead atoms. The molecule has 46 valence electrons. The molecule has 0 aromatic heterocycles. The number of nitrogens with two attached hydrogens (primary N) is 1. The van der Waals surface area contributed by atoms with Gasteiger partial charge >= 0.3 is 0 Å². The first-order chi connectivity index (χ1) is 2.77. The first-order valence-electron chi connectivity index (χ1n) is 2.02. The maximum Gasteiger partial charge on any atom is 0.0611 e. The van der Waals surface area contributed by atoms with Gasteiger partial charge in [-0.2, -0.15) is 0 Å². The van der Waals surface area contributed by atoms with Crippen molar-refractivity contribution in [1.29, 1.82) is 0 Å². The van der Waals surface area contributed by atoms with Crippen LogP contribution in [0.1, 0.15) is 6.92 Å². The van der Waals surface area contributed by atoms with Gasteiger partial charge in [0, 0.05) is 13.2 Å². The van der Waals surface area contributed by atoms with Crippen LogP contribution in [0.15, 0.2) is 0 Å². The van der Waals surface area contributed by atoms with E-state index < -0.39 is 0 Å². The van der Waals surface area contributed by atoms with Crippen molar-refractivity contribution in [3.8, 4) is 0 Å². The molecule has 0 radical (unpaired) electrons. The molecule has 2 N–H and O–H groups in total. The molecule has 0 rings (SSSR count). The van der Waals surface area contributed by atoms with Crippen molar-refractivity contribution in [2.75, 3.05) is 13.7 Å². The van der Waals surface area contributed by atoms with Crippen molar-refractivity contribution in [3.05, 3.63) is 0 Å². The third-order valence-electron chi connectivity index (χ3n) is 0.430. The van der Waals surface area contributed by atoms with Gasteiger partial charge in [0.05, 0.1) is 6.61 Å². The highest BCUT2D eigenvalue weighted by Crippen LogP contribution is 1.71. The lowest BCUT2D eigenvalue weighted by molar-refractivity contribution is 0.185. The van der Waals surface area contributed by atoms with Crippen LogP contribution in [0.5, 0.6) is 0 Å². The van der Waals surface area contributed by atoms with E-state index in [0.717, 1.165) is 0 Å². The zero-order chi connectivity index (χ0) is 4.99. The van der Waals surface area contributed by atoms with Gasteiger partial charge in [0.25, 0.3) is 0 Å². The fraction of sp³-hybridized carbons (Fsp3) is 1.00. The molecule has 7 heavy (non-hydrogen) atoms. The molecule has 0 aliphatic carbocycles. The third-order valence-corrected chi connectivity index (χ3v) is 0.430. The Kier molecular flexibility index (Phi) is 9.09. The van der Waals surface area contributed by atoms with Gasteiger partial charge in [-0.25, -0.2) is 0 Å². The van der Waals surface area contributed by atoms with Crippen molar-refractivity contribution < 1.29 is 4.74 Å². The first-order valence-corrected chi connectivity index (χ1v) is 2.02. The Hall–Kier alpha value is 0.210. The number of methoxy groups -OCH3 is 1. The summed E-state index contributed by atoms with van der Waals surface area (Å²) in [6.45, 7) is 2.56. The van der Waals surface area contributed by atoms with Crippen LogP contribution < -0.4 is 5.73 Å². The number of hydrogen-bond acceptors (Lipinski definition) is 2. The summed E-state index contributed by atoms with van der Waals surface area (Å²) in [5.41, 5.74) is 5.28. The lowest BCUT2D eigenvalue weighted by Gasteiger charge is -1.98. The van der Waals surface area contributed by atoms with E-state index in [-0.39, 0.29) is 18.4 Å². The molecule has 0 fully saturated rings. The van der Waals surface area contributed by atoms with Crippen molar-refractivity contribution in [1.82, 2.24) is 0 Å². The molecule has 2 nitrogen and oxygen atoms in total. The van der Waals surface area contributed by atoms with Gasteiger partial charge in [0.1, 0.15) is 0 Å². The fourth-order valence-electron chi connectivity index (χ4n) is 0.263. The predicted octanol–water partition coefficient (Wildman–Crippen LogP) is 0.402. The Morgan fingerprint density at radius 2 is 2.14 bits per heavy atom. The second-order valence-electron chi connectivity index (χ2n) is 1.43. The molecule has 0 aliphatic rings. The lowest BCUT2D eigenvalue weighted by atomic mass is 10.4. The van der Waals surface area contributed by atoms with E-state index >= 15 is 0 Å². The molecule has 0 aromatic carbocycles. The highest BCUT2D eigenvalue weighted by Gasteiger charge is 1.85. The van der Waals surface area contributed by atoms with Crippen LogP contribution in [-0.4, -0.2) is 19.8 Å². The average molecular weight is 126 g/mol. The monoisotopic (exact) mass is 125 g/mol. The van der Waals surface area contributed by atoms with E-state index in [4.69, 9.17) is 5.73 Å². The Bertz CT molecular complexity index is 32.9. The molecule has 0 saturated carbocycles. The summed E-state index contributed by atoms with van der Waals surface area (Å²) in [5.74, 6) is 0. The van der Waals surface area contributed by atoms with Crippen molar-refractivity contribution in [2.24, 2.45) is 5.73 Å². The van der Waals surface area contributed by atoms with Gasteiger partial charge in [-0.1, -0.05) is 0 Å². The largest absolute Gasteiger partial charge is 0.383 e. The van der Waals surface area contributed by atoms with Crippen molar-refractivity contribution >= 4 is 12.4 Å². The maximum absolute atomic E-state index is 5.28. The van der Waals surface area contributed by atoms with E-state index in [1.165, 1.54) is 0 Å². The molecule has 0 heterocycles. The molecule has 1 atom stereocenters. The zero-order valence-corrected chi connectivity index (χ0v) is 5.49. The molecule has 0 saturated heterocycles. The molecule has 0 amide bonds. The van der Waals surface area contributed by atoms with E-state index in [1.807, 2.05) is 6.92 Å². The maximum atomic E-state index is 5.28. The Balaban J connectivity index is 0. The van der Waals surface area contributed by atoms with Crippen LogP contribution in [0.2, 0.25) is 0 Å². The van der Waals surface area contributed by atoms with Crippen LogP contribution in [0.3, 0.4) is 0 Å². The first kappa shape index (κ1) is 10.2. The SMILES string of the molecule is COC[C@@H](C)N.Cl. The minimum Gasteiger partial charge on any atom is -0.383 e. The van der Waals surface area contributed by atoms with Gasteiger partial charge in [0.2, 0.25) is 0 Å². The highest BCUT2D eigenvalue weighted by atomic mass is 35.5. The van der Waals surface area contributed by atoms with Gasteiger partial charge in [-0.05, 0) is 6.92 Å². The lowest BCUT2D eigenvalue weighted by Crippen LogP contribution is -2.20. The summed E-state index contributed by atoms with van der Waals surface area (Å²) < 4.78 is 4.68. The van der Waals surface area contributed by atoms with Gasteiger partial charge in [-0.15, -0.1) is 12.4 Å². The van der Waals surface area contributed by atoms with E-state index in [2.05, 4.69) is 4.74 Å². The third kappa shape index (κ3) is 10.7. The Morgan fingerprint density at radius 1 is 1.71 bits per heavy atom. The van der Waals surface area contributed by atoms with Crippen molar-refractivity contribution in [2.45, 2.75) is 13.0 Å². The van der Waals surface area contributed by atoms with Gasteiger partial charge in [-0.3, -0.25) is 0 Å². The number of rotatable bonds is 2. The minimum absolute atomic E-state index is 0. The molecule has 3 heteroatoms. The van der Waals surface area contributed by atoms with Crippen LogP contribution in [-0.2, 0) is 4.74 Å². The number of ether oxygens (including phenoxy) is 1. The quantitative estimate of drug-likeness (QED) is 0.580. The van der Waals surface area contributed by atoms with Crippen molar-refractivity contribution in [3.63, 3.8) is 0 Å². The summed E-state index contributed by atoms with van der Waals surface area (Å²) in [5, 5.41) is 0. The Morgan fingerprint density at radius 3 is 2.14 bits per heavy atom. The summed E-state index contributed by atoms with van der Waals surface area (Å²) in [7, 11) is 1.64. The predicted molar refractivity (Wildman–Crippen MR) is 32.8 cm³/mol. The van der Waals surface area contributed by atoms with Crippen LogP contribution in [0, 0.1) is 0 Å². The number of halogens is 1. The van der Waals surface area contributed by atoms with Gasteiger partial charge < -0.3 is 10.5 Å². The summed E-state index contributed by atoms with van der Waals surface area (Å²) in [4.78, 5) is 0. The second-order valence-corrected chi connectivity index (χ2v) is 1.43. The molecule has 0 aromatic rings. The molecule has 0 aliphatic heterocycles. The van der Waals surface area contributed by atoms with Crippen LogP contribution >= 0.6 is 12.4 Å². The second kappa shape index (κ2) is 6.21. The summed E-state index contributed by atoms with van der Waals surface area (Å²) in [6.07, 6.45) is 0. The average Bonchev–Trinajstić information content (AvgIpc) is 1.35. The number of hydrogen-bond donors (Lipinski definition) is 1. The van der Waals surface area contributed by atoms with Crippen LogP contribution in [0.4, 0.5) is 0 Å². The van der Waals surface area contributed by atoms with Crippen LogP contribution in [0.25, 0.3) is 0 Å². The highest BCUT2D eigenvalue weighted by molar-refractivity contribution is 5.85. The normalized spacial score (nSPS) is 12.4. The zero-order valence-electron chi connectivity index (χ0n) is 4.68. The smallest absolute Gasteiger partial charge is 0.0611 e. The molecule has 0 unspecified atom stereocenters.